The Morgan fingerprint density at radius 3 is 2.29 bits per heavy atom. The summed E-state index contributed by atoms with van der Waals surface area (Å²) in [6, 6.07) is 16.7. The molecule has 0 radical (unpaired) electrons. The van der Waals surface area contributed by atoms with Crippen molar-refractivity contribution in [2.75, 3.05) is 11.7 Å². The van der Waals surface area contributed by atoms with E-state index in [2.05, 4.69) is 0 Å². The van der Waals surface area contributed by atoms with E-state index in [1.807, 2.05) is 30.3 Å². The number of hydroxylamine groups is 1. The molecule has 6 nitrogen and oxygen atoms in total. The van der Waals surface area contributed by atoms with Crippen LogP contribution in [0, 0.1) is 11.8 Å². The van der Waals surface area contributed by atoms with Crippen molar-refractivity contribution in [2.24, 2.45) is 17.6 Å². The van der Waals surface area contributed by atoms with Gasteiger partial charge in [-0.05, 0) is 42.7 Å². The maximum Gasteiger partial charge on any atom is 0.254 e. The molecule has 2 aromatic carbocycles. The Bertz CT molecular complexity index is 792. The van der Waals surface area contributed by atoms with Crippen LogP contribution in [0.3, 0.4) is 0 Å². The van der Waals surface area contributed by atoms with Crippen molar-refractivity contribution in [2.45, 2.75) is 32.1 Å². The van der Waals surface area contributed by atoms with Crippen LogP contribution >= 0.6 is 0 Å². The van der Waals surface area contributed by atoms with Gasteiger partial charge in [-0.3, -0.25) is 14.8 Å². The molecule has 0 saturated heterocycles. The molecule has 2 aromatic rings. The van der Waals surface area contributed by atoms with Crippen molar-refractivity contribution in [1.82, 2.24) is 0 Å². The average molecular weight is 382 g/mol. The highest BCUT2D eigenvalue weighted by atomic mass is 16.5. The van der Waals surface area contributed by atoms with Gasteiger partial charge in [0.25, 0.3) is 5.91 Å². The molecule has 1 aliphatic rings. The fourth-order valence-corrected chi connectivity index (χ4v) is 3.67. The third kappa shape index (κ3) is 4.89. The Labute approximate surface area is 164 Å². The standard InChI is InChI=1S/C22H26N2O4/c23-21(25)19-8-4-5-9-20(19)22(26)24(27)17-10-12-18(13-11-17)28-15-14-16-6-2-1-3-7-16/h1-3,6-7,10-13,19-20,27H,4-5,8-9,14-15H2,(H2,23,25). The molecule has 28 heavy (non-hydrogen) atoms. The number of nitrogens with zero attached hydrogens (tertiary/aromatic N) is 1. The van der Waals surface area contributed by atoms with Crippen LogP contribution in [0.1, 0.15) is 31.2 Å². The van der Waals surface area contributed by atoms with Gasteiger partial charge in [0.2, 0.25) is 5.91 Å². The zero-order valence-corrected chi connectivity index (χ0v) is 15.8. The number of carbonyl (C=O) groups excluding carboxylic acids is 2. The van der Waals surface area contributed by atoms with E-state index in [-0.39, 0.29) is 0 Å². The molecule has 1 saturated carbocycles. The van der Waals surface area contributed by atoms with E-state index in [9.17, 15) is 14.8 Å². The predicted molar refractivity (Wildman–Crippen MR) is 106 cm³/mol. The number of anilines is 1. The zero-order valence-electron chi connectivity index (χ0n) is 15.8. The van der Waals surface area contributed by atoms with Crippen LogP contribution in [0.2, 0.25) is 0 Å². The number of rotatable bonds is 7. The van der Waals surface area contributed by atoms with Crippen LogP contribution in [-0.4, -0.2) is 23.6 Å². The van der Waals surface area contributed by atoms with Crippen LogP contribution in [0.4, 0.5) is 5.69 Å². The van der Waals surface area contributed by atoms with E-state index < -0.39 is 23.7 Å². The summed E-state index contributed by atoms with van der Waals surface area (Å²) in [4.78, 5) is 24.3. The molecule has 2 amide bonds. The number of primary amides is 1. The van der Waals surface area contributed by atoms with E-state index in [0.29, 0.717) is 35.9 Å². The first-order valence-electron chi connectivity index (χ1n) is 9.65. The van der Waals surface area contributed by atoms with E-state index >= 15 is 0 Å². The van der Waals surface area contributed by atoms with Gasteiger partial charge < -0.3 is 10.5 Å². The van der Waals surface area contributed by atoms with E-state index in [4.69, 9.17) is 10.5 Å². The molecule has 2 atom stereocenters. The third-order valence-corrected chi connectivity index (χ3v) is 5.24. The lowest BCUT2D eigenvalue weighted by Gasteiger charge is -2.30. The Morgan fingerprint density at radius 1 is 1.00 bits per heavy atom. The van der Waals surface area contributed by atoms with Crippen LogP contribution in [-0.2, 0) is 16.0 Å². The van der Waals surface area contributed by atoms with Gasteiger partial charge in [0.1, 0.15) is 5.75 Å². The number of hydrogen-bond donors (Lipinski definition) is 2. The van der Waals surface area contributed by atoms with Gasteiger partial charge in [-0.2, -0.15) is 5.06 Å². The second kappa shape index (κ2) is 9.37. The lowest BCUT2D eigenvalue weighted by molar-refractivity contribution is -0.136. The second-order valence-corrected chi connectivity index (χ2v) is 7.13. The number of hydrogen-bond acceptors (Lipinski definition) is 4. The Balaban J connectivity index is 1.57. The Hall–Kier alpha value is -2.86. The molecule has 0 spiro atoms. The predicted octanol–water partition coefficient (Wildman–Crippen LogP) is 3.32. The lowest BCUT2D eigenvalue weighted by Crippen LogP contribution is -2.43. The zero-order chi connectivity index (χ0) is 19.9. The number of benzene rings is 2. The normalized spacial score (nSPS) is 19.0. The van der Waals surface area contributed by atoms with Crippen molar-refractivity contribution in [3.8, 4) is 5.75 Å². The molecule has 148 valence electrons. The van der Waals surface area contributed by atoms with Crippen LogP contribution in [0.15, 0.2) is 54.6 Å². The highest BCUT2D eigenvalue weighted by Gasteiger charge is 2.37. The van der Waals surface area contributed by atoms with Crippen LogP contribution in [0.5, 0.6) is 5.75 Å². The van der Waals surface area contributed by atoms with Crippen LogP contribution < -0.4 is 15.5 Å². The highest BCUT2D eigenvalue weighted by Crippen LogP contribution is 2.32. The first kappa shape index (κ1) is 19.9. The van der Waals surface area contributed by atoms with Crippen molar-refractivity contribution in [1.29, 1.82) is 0 Å². The summed E-state index contributed by atoms with van der Waals surface area (Å²) in [6.07, 6.45) is 3.67. The molecule has 6 heteroatoms. The first-order valence-corrected chi connectivity index (χ1v) is 9.65. The molecule has 0 aromatic heterocycles. The second-order valence-electron chi connectivity index (χ2n) is 7.13. The minimum atomic E-state index is -0.571. The Morgan fingerprint density at radius 2 is 1.64 bits per heavy atom. The number of amides is 2. The summed E-state index contributed by atoms with van der Waals surface area (Å²) in [7, 11) is 0. The quantitative estimate of drug-likeness (QED) is 0.567. The van der Waals surface area contributed by atoms with Gasteiger partial charge in [-0.25, -0.2) is 0 Å². The number of ether oxygens (including phenoxy) is 1. The van der Waals surface area contributed by atoms with Gasteiger partial charge >= 0.3 is 0 Å². The van der Waals surface area contributed by atoms with Crippen molar-refractivity contribution in [3.05, 3.63) is 60.2 Å². The maximum atomic E-state index is 12.7. The molecular weight excluding hydrogens is 356 g/mol. The summed E-state index contributed by atoms with van der Waals surface area (Å²) < 4.78 is 5.72. The Kier molecular flexibility index (Phi) is 6.66. The summed E-state index contributed by atoms with van der Waals surface area (Å²) in [6.45, 7) is 0.535. The number of nitrogens with two attached hydrogens (primary N) is 1. The molecule has 2 unspecified atom stereocenters. The lowest BCUT2D eigenvalue weighted by atomic mass is 9.78. The molecular formula is C22H26N2O4. The van der Waals surface area contributed by atoms with E-state index in [0.717, 1.165) is 19.3 Å². The minimum absolute atomic E-state index is 0.342. The summed E-state index contributed by atoms with van der Waals surface area (Å²) in [5.41, 5.74) is 6.97. The average Bonchev–Trinajstić information content (AvgIpc) is 2.74. The molecule has 3 N–H and O–H groups in total. The molecule has 1 fully saturated rings. The fraction of sp³-hybridized carbons (Fsp3) is 0.364. The van der Waals surface area contributed by atoms with Gasteiger partial charge in [0.15, 0.2) is 0 Å². The maximum absolute atomic E-state index is 12.7. The smallest absolute Gasteiger partial charge is 0.254 e. The molecule has 0 aliphatic heterocycles. The summed E-state index contributed by atoms with van der Waals surface area (Å²) >= 11 is 0. The molecule has 0 bridgehead atoms. The summed E-state index contributed by atoms with van der Waals surface area (Å²) in [5.74, 6) is -1.39. The van der Waals surface area contributed by atoms with Crippen molar-refractivity contribution < 1.29 is 19.5 Å². The van der Waals surface area contributed by atoms with Gasteiger partial charge in [-0.15, -0.1) is 0 Å². The fourth-order valence-electron chi connectivity index (χ4n) is 3.67. The molecule has 1 aliphatic carbocycles. The molecule has 3 rings (SSSR count). The third-order valence-electron chi connectivity index (χ3n) is 5.24. The highest BCUT2D eigenvalue weighted by molar-refractivity contribution is 5.96. The van der Waals surface area contributed by atoms with Crippen molar-refractivity contribution >= 4 is 17.5 Å². The van der Waals surface area contributed by atoms with Crippen molar-refractivity contribution in [3.63, 3.8) is 0 Å². The van der Waals surface area contributed by atoms with E-state index in [1.54, 1.807) is 24.3 Å². The van der Waals surface area contributed by atoms with Gasteiger partial charge in [-0.1, -0.05) is 43.2 Å². The van der Waals surface area contributed by atoms with Gasteiger partial charge in [0, 0.05) is 12.3 Å². The topological polar surface area (TPSA) is 92.9 Å². The monoisotopic (exact) mass is 382 g/mol. The van der Waals surface area contributed by atoms with E-state index in [1.165, 1.54) is 5.56 Å². The minimum Gasteiger partial charge on any atom is -0.493 e. The largest absolute Gasteiger partial charge is 0.493 e. The SMILES string of the molecule is NC(=O)C1CCCCC1C(=O)N(O)c1ccc(OCCc2ccccc2)cc1. The summed E-state index contributed by atoms with van der Waals surface area (Å²) in [5, 5.41) is 11.0. The van der Waals surface area contributed by atoms with Crippen LogP contribution in [0.25, 0.3) is 0 Å². The molecule has 0 heterocycles. The number of carbonyl (C=O) groups is 2. The van der Waals surface area contributed by atoms with Gasteiger partial charge in [0.05, 0.1) is 18.2 Å². The first-order chi connectivity index (χ1) is 13.6.